The third kappa shape index (κ3) is 3.42. The highest BCUT2D eigenvalue weighted by Crippen LogP contribution is 2.65. The third-order valence-electron chi connectivity index (χ3n) is 9.54. The maximum Gasteiger partial charge on any atom is 0.179 e. The van der Waals surface area contributed by atoms with Crippen molar-refractivity contribution >= 4 is 11.3 Å². The van der Waals surface area contributed by atoms with Gasteiger partial charge in [-0.1, -0.05) is 78.5 Å². The third-order valence-corrected chi connectivity index (χ3v) is 9.54. The SMILES string of the molecule is CCCC1(C)N=C2C(=C[C+]3C(=C2c2ccc(C(C)(C)C)cc2)[N-]C(C)(CCC)C3(C)C)C1(C)C. The van der Waals surface area contributed by atoms with Crippen molar-refractivity contribution in [2.24, 2.45) is 15.8 Å². The van der Waals surface area contributed by atoms with Gasteiger partial charge in [0.2, 0.25) is 0 Å². The van der Waals surface area contributed by atoms with Gasteiger partial charge in [0, 0.05) is 16.9 Å². The number of rotatable bonds is 5. The fourth-order valence-electron chi connectivity index (χ4n) is 6.32. The Kier molecular flexibility index (Phi) is 5.75. The summed E-state index contributed by atoms with van der Waals surface area (Å²) in [5.41, 5.74) is 7.54. The van der Waals surface area contributed by atoms with E-state index in [0.717, 1.165) is 25.7 Å². The zero-order chi connectivity index (χ0) is 25.3. The molecule has 2 nitrogen and oxygen atoms in total. The average Bonchev–Trinajstić information content (AvgIpc) is 3.04. The Morgan fingerprint density at radius 3 is 2.00 bits per heavy atom. The molecule has 4 rings (SSSR count). The van der Waals surface area contributed by atoms with Crippen LogP contribution in [0, 0.1) is 16.7 Å². The maximum atomic E-state index is 5.53. The van der Waals surface area contributed by atoms with E-state index in [9.17, 15) is 0 Å². The average molecular weight is 459 g/mol. The largest absolute Gasteiger partial charge is 0.653 e. The number of allylic oxidation sites excluding steroid dienone is 2. The molecule has 184 valence electrons. The molecule has 0 saturated carbocycles. The fourth-order valence-corrected chi connectivity index (χ4v) is 6.32. The lowest BCUT2D eigenvalue weighted by Gasteiger charge is -2.46. The highest BCUT2D eigenvalue weighted by molar-refractivity contribution is 6.36. The van der Waals surface area contributed by atoms with Crippen LogP contribution in [0.3, 0.4) is 0 Å². The summed E-state index contributed by atoms with van der Waals surface area (Å²) in [7, 11) is 0. The normalized spacial score (nSPS) is 29.4. The molecular weight excluding hydrogens is 412 g/mol. The Balaban J connectivity index is 1.97. The van der Waals surface area contributed by atoms with E-state index in [2.05, 4.69) is 107 Å². The van der Waals surface area contributed by atoms with Crippen molar-refractivity contribution in [3.05, 3.63) is 64.0 Å². The van der Waals surface area contributed by atoms with Crippen molar-refractivity contribution in [1.82, 2.24) is 0 Å². The first-order chi connectivity index (χ1) is 15.6. The quantitative estimate of drug-likeness (QED) is 0.393. The molecule has 0 radical (unpaired) electrons. The van der Waals surface area contributed by atoms with Gasteiger partial charge in [-0.15, -0.1) is 0 Å². The molecule has 1 saturated heterocycles. The zero-order valence-corrected chi connectivity index (χ0v) is 23.6. The van der Waals surface area contributed by atoms with Crippen LogP contribution in [0.15, 0.2) is 46.6 Å². The molecule has 0 bridgehead atoms. The van der Waals surface area contributed by atoms with Crippen LogP contribution in [-0.2, 0) is 5.41 Å². The summed E-state index contributed by atoms with van der Waals surface area (Å²) >= 11 is 0. The lowest BCUT2D eigenvalue weighted by atomic mass is 9.61. The second-order valence-corrected chi connectivity index (χ2v) is 13.4. The van der Waals surface area contributed by atoms with E-state index in [1.54, 1.807) is 0 Å². The summed E-state index contributed by atoms with van der Waals surface area (Å²) in [4.78, 5) is 5.53. The van der Waals surface area contributed by atoms with Crippen LogP contribution in [0.25, 0.3) is 10.9 Å². The molecule has 1 aromatic rings. The van der Waals surface area contributed by atoms with Crippen molar-refractivity contribution in [3.63, 3.8) is 0 Å². The van der Waals surface area contributed by atoms with Crippen molar-refractivity contribution in [1.29, 1.82) is 0 Å². The Bertz CT molecular complexity index is 1060. The van der Waals surface area contributed by atoms with Gasteiger partial charge in [-0.05, 0) is 69.8 Å². The van der Waals surface area contributed by atoms with Gasteiger partial charge in [0.1, 0.15) is 0 Å². The number of fused-ring (bicyclic) bond motifs is 2. The minimum absolute atomic E-state index is 0.0205. The molecule has 2 heterocycles. The van der Waals surface area contributed by atoms with Crippen LogP contribution in [0.5, 0.6) is 0 Å². The minimum atomic E-state index is -0.101. The number of benzene rings is 1. The van der Waals surface area contributed by atoms with Crippen LogP contribution >= 0.6 is 0 Å². The minimum Gasteiger partial charge on any atom is -0.653 e. The van der Waals surface area contributed by atoms with Crippen LogP contribution < -0.4 is 0 Å². The van der Waals surface area contributed by atoms with Gasteiger partial charge in [0.05, 0.1) is 28.2 Å². The summed E-state index contributed by atoms with van der Waals surface area (Å²) in [5, 5.41) is 5.53. The summed E-state index contributed by atoms with van der Waals surface area (Å²) in [5.74, 6) is 1.40. The van der Waals surface area contributed by atoms with E-state index in [0.29, 0.717) is 0 Å². The molecule has 2 atom stereocenters. The molecule has 2 heteroatoms. The van der Waals surface area contributed by atoms with Crippen molar-refractivity contribution < 1.29 is 0 Å². The molecule has 1 fully saturated rings. The molecule has 0 spiro atoms. The fraction of sp³-hybridized carbons (Fsp3) is 0.625. The number of hydrogen-bond donors (Lipinski definition) is 0. The first kappa shape index (κ1) is 25.1. The van der Waals surface area contributed by atoms with Crippen molar-refractivity contribution in [2.45, 2.75) is 118 Å². The molecule has 0 N–H and O–H groups in total. The molecule has 3 aliphatic rings. The standard InChI is InChI=1S/C32H46N2/c1-12-18-31(10)29(6,7)23-20-24-27(34-32(11,19-13-2)30(24,8)9)25(26(23)33-31)21-14-16-22(17-15-21)28(3,4)5/h14-17,20H,12-13,18-19H2,1-11H3. The lowest BCUT2D eigenvalue weighted by molar-refractivity contribution is 0.237. The van der Waals surface area contributed by atoms with Gasteiger partial charge in [-0.3, -0.25) is 0 Å². The summed E-state index contributed by atoms with van der Waals surface area (Å²) in [6, 6.07) is 9.23. The van der Waals surface area contributed by atoms with E-state index in [4.69, 9.17) is 10.3 Å². The van der Waals surface area contributed by atoms with Gasteiger partial charge in [-0.25, -0.2) is 4.99 Å². The van der Waals surface area contributed by atoms with E-state index >= 15 is 0 Å². The molecule has 0 amide bonds. The Hall–Kier alpha value is -1.96. The number of aliphatic imine (C=N–C) groups is 1. The van der Waals surface area contributed by atoms with Crippen molar-refractivity contribution in [2.75, 3.05) is 0 Å². The molecular formula is C32H46N2. The van der Waals surface area contributed by atoms with Crippen LogP contribution in [0.4, 0.5) is 0 Å². The summed E-state index contributed by atoms with van der Waals surface area (Å²) in [6.45, 7) is 25.7. The van der Waals surface area contributed by atoms with Gasteiger partial charge in [0.15, 0.2) is 5.71 Å². The second-order valence-electron chi connectivity index (χ2n) is 13.4. The monoisotopic (exact) mass is 458 g/mol. The summed E-state index contributed by atoms with van der Waals surface area (Å²) < 4.78 is 0. The molecule has 0 aromatic heterocycles. The van der Waals surface area contributed by atoms with E-state index < -0.39 is 0 Å². The predicted octanol–water partition coefficient (Wildman–Crippen LogP) is 9.22. The first-order valence-electron chi connectivity index (χ1n) is 13.4. The highest BCUT2D eigenvalue weighted by atomic mass is 15.1. The first-order valence-corrected chi connectivity index (χ1v) is 13.4. The highest BCUT2D eigenvalue weighted by Gasteiger charge is 2.60. The predicted molar refractivity (Wildman–Crippen MR) is 148 cm³/mol. The lowest BCUT2D eigenvalue weighted by Crippen LogP contribution is -2.40. The molecule has 1 aromatic carbocycles. The Morgan fingerprint density at radius 2 is 1.47 bits per heavy atom. The van der Waals surface area contributed by atoms with Crippen LogP contribution in [0.2, 0.25) is 0 Å². The summed E-state index contributed by atoms with van der Waals surface area (Å²) in [6.07, 6.45) is 6.95. The van der Waals surface area contributed by atoms with E-state index in [1.165, 1.54) is 39.6 Å². The maximum absolute atomic E-state index is 5.53. The number of nitrogens with zero attached hydrogens (tertiary/aromatic N) is 2. The Morgan fingerprint density at radius 1 is 0.882 bits per heavy atom. The topological polar surface area (TPSA) is 26.5 Å². The van der Waals surface area contributed by atoms with E-state index in [-0.39, 0.29) is 27.3 Å². The van der Waals surface area contributed by atoms with Gasteiger partial charge in [0.25, 0.3) is 0 Å². The van der Waals surface area contributed by atoms with Gasteiger partial charge in [-0.2, -0.15) is 0 Å². The Labute approximate surface area is 209 Å². The second kappa shape index (κ2) is 7.77. The van der Waals surface area contributed by atoms with Crippen LogP contribution in [-0.4, -0.2) is 16.8 Å². The zero-order valence-electron chi connectivity index (χ0n) is 23.6. The van der Waals surface area contributed by atoms with Crippen molar-refractivity contribution in [3.8, 4) is 0 Å². The smallest absolute Gasteiger partial charge is 0.179 e. The molecule has 1 aliphatic carbocycles. The molecule has 2 unspecified atom stereocenters. The van der Waals surface area contributed by atoms with E-state index in [1.807, 2.05) is 0 Å². The van der Waals surface area contributed by atoms with Crippen LogP contribution in [0.1, 0.15) is 113 Å². The molecule has 34 heavy (non-hydrogen) atoms. The molecule has 2 aliphatic heterocycles. The number of hydrogen-bond acceptors (Lipinski definition) is 1. The van der Waals surface area contributed by atoms with Gasteiger partial charge >= 0.3 is 0 Å². The van der Waals surface area contributed by atoms with Gasteiger partial charge < -0.3 is 5.32 Å².